The molecule has 152 valence electrons. The first-order valence-electron chi connectivity index (χ1n) is 8.98. The van der Waals surface area contributed by atoms with Gasteiger partial charge in [0.05, 0.1) is 4.90 Å². The van der Waals surface area contributed by atoms with Crippen LogP contribution in [0.4, 0.5) is 5.69 Å². The van der Waals surface area contributed by atoms with E-state index in [0.717, 1.165) is 11.1 Å². The Balaban J connectivity index is 2.14. The number of nitrogens with zero attached hydrogens (tertiary/aromatic N) is 1. The molecular formula is C20H25ClN2O4S. The molecule has 2 aromatic carbocycles. The number of hydrogen-bond donors (Lipinski definition) is 1. The maximum atomic E-state index is 12.7. The first-order chi connectivity index (χ1) is 13.2. The van der Waals surface area contributed by atoms with Crippen molar-refractivity contribution in [2.75, 3.05) is 25.0 Å². The van der Waals surface area contributed by atoms with Crippen LogP contribution in [-0.2, 0) is 14.8 Å². The zero-order chi connectivity index (χ0) is 20.9. The van der Waals surface area contributed by atoms with Gasteiger partial charge >= 0.3 is 0 Å². The third-order valence-electron chi connectivity index (χ3n) is 4.32. The van der Waals surface area contributed by atoms with Crippen molar-refractivity contribution in [2.45, 2.75) is 32.6 Å². The number of rotatable bonds is 8. The highest BCUT2D eigenvalue weighted by Gasteiger charge is 2.22. The Hall–Kier alpha value is -2.09. The van der Waals surface area contributed by atoms with Gasteiger partial charge in [-0.3, -0.25) is 4.79 Å². The molecule has 0 unspecified atom stereocenters. The van der Waals surface area contributed by atoms with Crippen LogP contribution in [0.5, 0.6) is 5.75 Å². The average Bonchev–Trinajstić information content (AvgIpc) is 2.63. The minimum absolute atomic E-state index is 0.145. The summed E-state index contributed by atoms with van der Waals surface area (Å²) in [6, 6.07) is 9.85. The number of nitrogens with one attached hydrogen (secondary N) is 1. The molecule has 0 aliphatic carbocycles. The summed E-state index contributed by atoms with van der Waals surface area (Å²) in [4.78, 5) is 12.4. The van der Waals surface area contributed by atoms with Crippen molar-refractivity contribution in [1.82, 2.24) is 4.31 Å². The second-order valence-corrected chi connectivity index (χ2v) is 8.69. The summed E-state index contributed by atoms with van der Waals surface area (Å²) >= 11 is 5.91. The number of anilines is 1. The Morgan fingerprint density at radius 2 is 1.75 bits per heavy atom. The minimum atomic E-state index is -3.60. The van der Waals surface area contributed by atoms with Crippen LogP contribution in [0.3, 0.4) is 0 Å². The quantitative estimate of drug-likeness (QED) is 0.694. The molecule has 1 N–H and O–H groups in total. The lowest BCUT2D eigenvalue weighted by Crippen LogP contribution is -2.30. The number of amides is 1. The normalized spacial score (nSPS) is 11.5. The van der Waals surface area contributed by atoms with Crippen molar-refractivity contribution in [3.8, 4) is 5.75 Å². The third-order valence-corrected chi connectivity index (χ3v) is 6.60. The molecule has 28 heavy (non-hydrogen) atoms. The van der Waals surface area contributed by atoms with Gasteiger partial charge in [-0.2, -0.15) is 4.31 Å². The van der Waals surface area contributed by atoms with E-state index in [1.54, 1.807) is 51.1 Å². The number of aryl methyl sites for hydroxylation is 2. The Labute approximate surface area is 171 Å². The zero-order valence-corrected chi connectivity index (χ0v) is 18.0. The maximum absolute atomic E-state index is 12.7. The van der Waals surface area contributed by atoms with Gasteiger partial charge in [0.25, 0.3) is 5.91 Å². The third kappa shape index (κ3) is 5.25. The first kappa shape index (κ1) is 22.2. The van der Waals surface area contributed by atoms with Gasteiger partial charge in [0.2, 0.25) is 10.0 Å². The molecule has 0 saturated heterocycles. The number of ether oxygens (including phenoxy) is 1. The van der Waals surface area contributed by atoms with Crippen molar-refractivity contribution >= 4 is 33.2 Å². The fourth-order valence-electron chi connectivity index (χ4n) is 2.71. The van der Waals surface area contributed by atoms with E-state index in [0.29, 0.717) is 29.5 Å². The molecule has 0 radical (unpaired) electrons. The van der Waals surface area contributed by atoms with E-state index in [4.69, 9.17) is 16.3 Å². The molecular weight excluding hydrogens is 400 g/mol. The van der Waals surface area contributed by atoms with Crippen molar-refractivity contribution in [3.63, 3.8) is 0 Å². The van der Waals surface area contributed by atoms with Gasteiger partial charge in [0.15, 0.2) is 6.61 Å². The monoisotopic (exact) mass is 424 g/mol. The molecule has 0 bridgehead atoms. The number of benzene rings is 2. The van der Waals surface area contributed by atoms with Crippen LogP contribution in [0.1, 0.15) is 25.0 Å². The second-order valence-electron chi connectivity index (χ2n) is 6.31. The molecule has 0 aliphatic heterocycles. The predicted molar refractivity (Wildman–Crippen MR) is 112 cm³/mol. The lowest BCUT2D eigenvalue weighted by Gasteiger charge is -2.19. The van der Waals surface area contributed by atoms with Crippen molar-refractivity contribution in [2.24, 2.45) is 0 Å². The van der Waals surface area contributed by atoms with Crippen LogP contribution >= 0.6 is 11.6 Å². The largest absolute Gasteiger partial charge is 0.483 e. The van der Waals surface area contributed by atoms with Gasteiger partial charge in [-0.25, -0.2) is 8.42 Å². The van der Waals surface area contributed by atoms with E-state index in [9.17, 15) is 13.2 Å². The summed E-state index contributed by atoms with van der Waals surface area (Å²) in [5.74, 6) is 0.184. The van der Waals surface area contributed by atoms with E-state index < -0.39 is 10.0 Å². The highest BCUT2D eigenvalue weighted by atomic mass is 35.5. The summed E-state index contributed by atoms with van der Waals surface area (Å²) in [6.45, 7) is 7.76. The van der Waals surface area contributed by atoms with Crippen LogP contribution in [0.15, 0.2) is 41.3 Å². The second kappa shape index (κ2) is 9.41. The van der Waals surface area contributed by atoms with Crippen LogP contribution in [0, 0.1) is 13.8 Å². The number of carbonyl (C=O) groups excluding carboxylic acids is 1. The summed E-state index contributed by atoms with van der Waals surface area (Å²) in [5, 5.41) is 3.32. The zero-order valence-electron chi connectivity index (χ0n) is 16.5. The van der Waals surface area contributed by atoms with Crippen LogP contribution in [-0.4, -0.2) is 38.3 Å². The van der Waals surface area contributed by atoms with Crippen LogP contribution < -0.4 is 10.1 Å². The van der Waals surface area contributed by atoms with Gasteiger partial charge in [-0.15, -0.1) is 0 Å². The van der Waals surface area contributed by atoms with E-state index in [-0.39, 0.29) is 17.4 Å². The van der Waals surface area contributed by atoms with Gasteiger partial charge in [0, 0.05) is 23.8 Å². The number of hydrogen-bond acceptors (Lipinski definition) is 4. The maximum Gasteiger partial charge on any atom is 0.262 e. The Morgan fingerprint density at radius 1 is 1.07 bits per heavy atom. The lowest BCUT2D eigenvalue weighted by atomic mass is 10.2. The number of halogens is 1. The average molecular weight is 425 g/mol. The van der Waals surface area contributed by atoms with Gasteiger partial charge in [-0.05, 0) is 55.3 Å². The standard InChI is InChI=1S/C20H25ClN2O4S/c1-5-23(6-2)28(25,26)17-9-7-14(3)18(12-17)22-20(24)13-27-19-10-8-16(21)11-15(19)4/h7-12H,5-6,13H2,1-4H3,(H,22,24). The minimum Gasteiger partial charge on any atom is -0.483 e. The molecule has 0 fully saturated rings. The molecule has 8 heteroatoms. The molecule has 2 aromatic rings. The summed E-state index contributed by atoms with van der Waals surface area (Å²) in [6.07, 6.45) is 0. The number of sulfonamides is 1. The SMILES string of the molecule is CCN(CC)S(=O)(=O)c1ccc(C)c(NC(=O)COc2ccc(Cl)cc2C)c1. The van der Waals surface area contributed by atoms with Crippen molar-refractivity contribution < 1.29 is 17.9 Å². The molecule has 0 spiro atoms. The van der Waals surface area contributed by atoms with Crippen LogP contribution in [0.25, 0.3) is 0 Å². The molecule has 0 heterocycles. The molecule has 0 aliphatic rings. The van der Waals surface area contributed by atoms with Crippen molar-refractivity contribution in [1.29, 1.82) is 0 Å². The number of carbonyl (C=O) groups is 1. The molecule has 6 nitrogen and oxygen atoms in total. The Morgan fingerprint density at radius 3 is 2.36 bits per heavy atom. The smallest absolute Gasteiger partial charge is 0.262 e. The molecule has 0 aromatic heterocycles. The fourth-order valence-corrected chi connectivity index (χ4v) is 4.42. The van der Waals surface area contributed by atoms with E-state index in [1.807, 2.05) is 6.92 Å². The van der Waals surface area contributed by atoms with Crippen molar-refractivity contribution in [3.05, 3.63) is 52.5 Å². The summed E-state index contributed by atoms with van der Waals surface area (Å²) in [5.41, 5.74) is 2.02. The van der Waals surface area contributed by atoms with E-state index >= 15 is 0 Å². The Bertz CT molecular complexity index is 957. The summed E-state index contributed by atoms with van der Waals surface area (Å²) < 4.78 is 32.3. The molecule has 0 atom stereocenters. The fraction of sp³-hybridized carbons (Fsp3) is 0.350. The van der Waals surface area contributed by atoms with Gasteiger partial charge in [0.1, 0.15) is 5.75 Å². The lowest BCUT2D eigenvalue weighted by molar-refractivity contribution is -0.118. The molecule has 2 rings (SSSR count). The highest BCUT2D eigenvalue weighted by molar-refractivity contribution is 7.89. The summed E-state index contributed by atoms with van der Waals surface area (Å²) in [7, 11) is -3.60. The molecule has 0 saturated carbocycles. The predicted octanol–water partition coefficient (Wildman–Crippen LogP) is 4.00. The Kier molecular flexibility index (Phi) is 7.46. The van der Waals surface area contributed by atoms with Crippen LogP contribution in [0.2, 0.25) is 5.02 Å². The molecule has 1 amide bonds. The van der Waals surface area contributed by atoms with E-state index in [2.05, 4.69) is 5.32 Å². The van der Waals surface area contributed by atoms with Gasteiger partial charge < -0.3 is 10.1 Å². The van der Waals surface area contributed by atoms with Gasteiger partial charge in [-0.1, -0.05) is 31.5 Å². The topological polar surface area (TPSA) is 75.7 Å². The van der Waals surface area contributed by atoms with E-state index in [1.165, 1.54) is 10.4 Å². The highest BCUT2D eigenvalue weighted by Crippen LogP contribution is 2.24. The first-order valence-corrected chi connectivity index (χ1v) is 10.8.